The zero-order chi connectivity index (χ0) is 17.1. The molecule has 0 saturated carbocycles. The molecular formula is C17H20N4O3. The molecule has 0 aliphatic rings. The molecule has 3 rings (SSSR count). The molecule has 0 unspecified atom stereocenters. The van der Waals surface area contributed by atoms with Crippen molar-refractivity contribution in [3.63, 3.8) is 0 Å². The fourth-order valence-electron chi connectivity index (χ4n) is 3.06. The van der Waals surface area contributed by atoms with E-state index in [1.807, 2.05) is 35.8 Å². The number of hydrogen-bond donors (Lipinski definition) is 2. The van der Waals surface area contributed by atoms with Crippen LogP contribution in [0.2, 0.25) is 0 Å². The number of carbonyl (C=O) groups is 1. The first-order valence-electron chi connectivity index (χ1n) is 7.92. The van der Waals surface area contributed by atoms with Crippen LogP contribution in [0, 0.1) is 0 Å². The van der Waals surface area contributed by atoms with Crippen molar-refractivity contribution < 1.29 is 9.53 Å². The van der Waals surface area contributed by atoms with Gasteiger partial charge in [-0.2, -0.15) is 5.10 Å². The Morgan fingerprint density at radius 1 is 1.38 bits per heavy atom. The second-order valence-corrected chi connectivity index (χ2v) is 5.56. The first-order valence-corrected chi connectivity index (χ1v) is 7.92. The Morgan fingerprint density at radius 2 is 2.17 bits per heavy atom. The minimum Gasteiger partial charge on any atom is -0.383 e. The smallest absolute Gasteiger partial charge is 0.288 e. The van der Waals surface area contributed by atoms with Gasteiger partial charge in [0.15, 0.2) is 0 Å². The molecule has 1 amide bonds. The summed E-state index contributed by atoms with van der Waals surface area (Å²) in [6.07, 6.45) is 2.19. The van der Waals surface area contributed by atoms with Crippen molar-refractivity contribution in [3.8, 4) is 0 Å². The Labute approximate surface area is 138 Å². The summed E-state index contributed by atoms with van der Waals surface area (Å²) in [4.78, 5) is 25.0. The highest BCUT2D eigenvalue weighted by atomic mass is 16.5. The van der Waals surface area contributed by atoms with Crippen LogP contribution in [-0.2, 0) is 9.53 Å². The van der Waals surface area contributed by atoms with Crippen LogP contribution >= 0.6 is 0 Å². The lowest BCUT2D eigenvalue weighted by Crippen LogP contribution is -2.35. The zero-order valence-electron chi connectivity index (χ0n) is 13.7. The first kappa shape index (κ1) is 16.2. The molecule has 7 heteroatoms. The highest BCUT2D eigenvalue weighted by Gasteiger charge is 2.24. The van der Waals surface area contributed by atoms with E-state index >= 15 is 0 Å². The van der Waals surface area contributed by atoms with Gasteiger partial charge < -0.3 is 14.6 Å². The standard InChI is InChI=1S/C17H20N4O3/c1-3-13(16(22)18-8-9-24-2)21-14-7-5-4-6-11(14)12-10-19-20-17(23)15(12)21/h4-7,10,13H,3,8-9H2,1-2H3,(H,18,22)(H,20,23)/t13-/m0/s1. The van der Waals surface area contributed by atoms with Crippen molar-refractivity contribution >= 4 is 27.7 Å². The second-order valence-electron chi connectivity index (χ2n) is 5.56. The molecule has 0 saturated heterocycles. The summed E-state index contributed by atoms with van der Waals surface area (Å²) in [5.41, 5.74) is 1.02. The van der Waals surface area contributed by atoms with Gasteiger partial charge in [0.1, 0.15) is 11.6 Å². The molecule has 0 aliphatic carbocycles. The fraction of sp³-hybridized carbons (Fsp3) is 0.353. The predicted molar refractivity (Wildman–Crippen MR) is 92.1 cm³/mol. The Balaban J connectivity index is 2.18. The average molecular weight is 328 g/mol. The number of carbonyl (C=O) groups excluding carboxylic acids is 1. The minimum atomic E-state index is -0.479. The van der Waals surface area contributed by atoms with Gasteiger partial charge in [-0.05, 0) is 12.5 Å². The number of H-pyrrole nitrogens is 1. The number of methoxy groups -OCH3 is 1. The van der Waals surface area contributed by atoms with E-state index < -0.39 is 6.04 Å². The van der Waals surface area contributed by atoms with E-state index in [-0.39, 0.29) is 11.5 Å². The third-order valence-corrected chi connectivity index (χ3v) is 4.13. The van der Waals surface area contributed by atoms with Crippen LogP contribution in [0.3, 0.4) is 0 Å². The molecule has 126 valence electrons. The van der Waals surface area contributed by atoms with Gasteiger partial charge in [-0.15, -0.1) is 0 Å². The molecule has 0 fully saturated rings. The van der Waals surface area contributed by atoms with Crippen molar-refractivity contribution in [1.29, 1.82) is 0 Å². The molecule has 1 aromatic carbocycles. The van der Waals surface area contributed by atoms with Crippen molar-refractivity contribution in [3.05, 3.63) is 40.8 Å². The molecule has 2 heterocycles. The van der Waals surface area contributed by atoms with Crippen LogP contribution < -0.4 is 10.9 Å². The normalized spacial score (nSPS) is 12.6. The third kappa shape index (κ3) is 2.67. The maximum absolute atomic E-state index is 12.6. The van der Waals surface area contributed by atoms with Gasteiger partial charge in [-0.1, -0.05) is 25.1 Å². The summed E-state index contributed by atoms with van der Waals surface area (Å²) in [6.45, 7) is 2.80. The van der Waals surface area contributed by atoms with E-state index in [1.54, 1.807) is 13.3 Å². The molecule has 7 nitrogen and oxygen atoms in total. The summed E-state index contributed by atoms with van der Waals surface area (Å²) < 4.78 is 6.78. The van der Waals surface area contributed by atoms with Gasteiger partial charge in [0.2, 0.25) is 5.91 Å². The van der Waals surface area contributed by atoms with Crippen molar-refractivity contribution in [1.82, 2.24) is 20.1 Å². The Hall–Kier alpha value is -2.67. The van der Waals surface area contributed by atoms with E-state index in [0.717, 1.165) is 16.3 Å². The molecule has 0 spiro atoms. The molecule has 0 bridgehead atoms. The molecule has 0 radical (unpaired) electrons. The number of rotatable bonds is 6. The van der Waals surface area contributed by atoms with E-state index in [1.165, 1.54) is 0 Å². The maximum atomic E-state index is 12.6. The van der Waals surface area contributed by atoms with Crippen molar-refractivity contribution in [2.24, 2.45) is 0 Å². The van der Waals surface area contributed by atoms with E-state index in [9.17, 15) is 9.59 Å². The molecule has 2 N–H and O–H groups in total. The lowest BCUT2D eigenvalue weighted by atomic mass is 10.2. The molecule has 2 aromatic heterocycles. The fourth-order valence-corrected chi connectivity index (χ4v) is 3.06. The quantitative estimate of drug-likeness (QED) is 0.673. The number of benzene rings is 1. The van der Waals surface area contributed by atoms with Crippen molar-refractivity contribution in [2.45, 2.75) is 19.4 Å². The summed E-state index contributed by atoms with van der Waals surface area (Å²) >= 11 is 0. The highest BCUT2D eigenvalue weighted by molar-refractivity contribution is 6.08. The lowest BCUT2D eigenvalue weighted by Gasteiger charge is -2.19. The number of nitrogens with one attached hydrogen (secondary N) is 2. The zero-order valence-corrected chi connectivity index (χ0v) is 13.7. The van der Waals surface area contributed by atoms with Crippen LogP contribution in [-0.4, -0.2) is 40.9 Å². The number of para-hydroxylation sites is 1. The van der Waals surface area contributed by atoms with Gasteiger partial charge in [0.25, 0.3) is 5.56 Å². The Kier molecular flexibility index (Phi) is 4.61. The second kappa shape index (κ2) is 6.84. The number of fused-ring (bicyclic) bond motifs is 3. The first-order chi connectivity index (χ1) is 11.7. The summed E-state index contributed by atoms with van der Waals surface area (Å²) in [5.74, 6) is -0.131. The monoisotopic (exact) mass is 328 g/mol. The number of amides is 1. The SMILES string of the molecule is CC[C@@H](C(=O)NCCOC)n1c2ccccc2c2cn[nH]c(=O)c21. The molecule has 1 atom stereocenters. The van der Waals surface area contributed by atoms with Crippen LogP contribution in [0.1, 0.15) is 19.4 Å². The third-order valence-electron chi connectivity index (χ3n) is 4.13. The highest BCUT2D eigenvalue weighted by Crippen LogP contribution is 2.30. The Bertz CT molecular complexity index is 928. The summed E-state index contributed by atoms with van der Waals surface area (Å²) in [5, 5.41) is 10.9. The number of hydrogen-bond acceptors (Lipinski definition) is 4. The lowest BCUT2D eigenvalue weighted by molar-refractivity contribution is -0.124. The van der Waals surface area contributed by atoms with E-state index in [2.05, 4.69) is 15.5 Å². The number of aromatic amines is 1. The predicted octanol–water partition coefficient (Wildman–Crippen LogP) is 1.59. The molecule has 24 heavy (non-hydrogen) atoms. The minimum absolute atomic E-state index is 0.131. The maximum Gasteiger partial charge on any atom is 0.288 e. The molecule has 0 aliphatic heterocycles. The van der Waals surface area contributed by atoms with E-state index in [0.29, 0.717) is 25.1 Å². The summed E-state index contributed by atoms with van der Waals surface area (Å²) in [7, 11) is 1.59. The van der Waals surface area contributed by atoms with Gasteiger partial charge in [-0.25, -0.2) is 5.10 Å². The van der Waals surface area contributed by atoms with E-state index in [4.69, 9.17) is 4.74 Å². The Morgan fingerprint density at radius 3 is 2.92 bits per heavy atom. The number of aromatic nitrogens is 3. The van der Waals surface area contributed by atoms with Crippen molar-refractivity contribution in [2.75, 3.05) is 20.3 Å². The van der Waals surface area contributed by atoms with Gasteiger partial charge in [0.05, 0.1) is 18.3 Å². The topological polar surface area (TPSA) is 89.0 Å². The van der Waals surface area contributed by atoms with Crippen LogP contribution in [0.15, 0.2) is 35.3 Å². The summed E-state index contributed by atoms with van der Waals surface area (Å²) in [6, 6.07) is 7.18. The van der Waals surface area contributed by atoms with Gasteiger partial charge in [-0.3, -0.25) is 9.59 Å². The molecular weight excluding hydrogens is 308 g/mol. The number of nitrogens with zero attached hydrogens (tertiary/aromatic N) is 2. The van der Waals surface area contributed by atoms with Crippen LogP contribution in [0.25, 0.3) is 21.8 Å². The van der Waals surface area contributed by atoms with Crippen LogP contribution in [0.5, 0.6) is 0 Å². The van der Waals surface area contributed by atoms with Crippen LogP contribution in [0.4, 0.5) is 0 Å². The average Bonchev–Trinajstić information content (AvgIpc) is 2.92. The van der Waals surface area contributed by atoms with Gasteiger partial charge >= 0.3 is 0 Å². The molecule has 3 aromatic rings. The largest absolute Gasteiger partial charge is 0.383 e. The number of ether oxygens (including phenoxy) is 1. The van der Waals surface area contributed by atoms with Gasteiger partial charge in [0, 0.05) is 24.4 Å².